The molecule has 0 amide bonds. The molecule has 0 saturated carbocycles. The highest BCUT2D eigenvalue weighted by molar-refractivity contribution is 5.49. The summed E-state index contributed by atoms with van der Waals surface area (Å²) in [4.78, 5) is 0. The zero-order valence-corrected chi connectivity index (χ0v) is 10.5. The van der Waals surface area contributed by atoms with E-state index in [9.17, 15) is 10.2 Å². The zero-order valence-electron chi connectivity index (χ0n) is 10.5. The van der Waals surface area contributed by atoms with Crippen LogP contribution in [0.5, 0.6) is 11.5 Å². The lowest BCUT2D eigenvalue weighted by Crippen LogP contribution is -2.01. The predicted octanol–water partition coefficient (Wildman–Crippen LogP) is 4.03. The zero-order chi connectivity index (χ0) is 13.0. The van der Waals surface area contributed by atoms with Crippen molar-refractivity contribution in [2.75, 3.05) is 0 Å². The third-order valence-electron chi connectivity index (χ3n) is 3.19. The second kappa shape index (κ2) is 5.58. The van der Waals surface area contributed by atoms with Crippen LogP contribution >= 0.6 is 0 Å². The molecule has 1 unspecified atom stereocenters. The molecule has 0 fully saturated rings. The van der Waals surface area contributed by atoms with Crippen molar-refractivity contribution in [1.82, 2.24) is 0 Å². The normalized spacial score (nSPS) is 12.3. The Morgan fingerprint density at radius 2 is 1.50 bits per heavy atom. The Balaban J connectivity index is 2.48. The minimum atomic E-state index is 0.0393. The first kappa shape index (κ1) is 12.5. The highest BCUT2D eigenvalue weighted by atomic mass is 16.3. The quantitative estimate of drug-likeness (QED) is 0.849. The first-order valence-corrected chi connectivity index (χ1v) is 6.29. The number of hydrogen-bond acceptors (Lipinski definition) is 2. The van der Waals surface area contributed by atoms with Crippen LogP contribution in [-0.4, -0.2) is 10.2 Å². The SMILES string of the molecule is CCCC(c1ccccc1)c1c(O)cccc1O. The van der Waals surface area contributed by atoms with Crippen LogP contribution < -0.4 is 0 Å². The Morgan fingerprint density at radius 1 is 0.889 bits per heavy atom. The van der Waals surface area contributed by atoms with Crippen LogP contribution in [0.3, 0.4) is 0 Å². The van der Waals surface area contributed by atoms with Gasteiger partial charge in [-0.25, -0.2) is 0 Å². The molecule has 2 heteroatoms. The predicted molar refractivity (Wildman–Crippen MR) is 73.0 cm³/mol. The first-order chi connectivity index (χ1) is 8.74. The standard InChI is InChI=1S/C16H18O2/c1-2-7-13(12-8-4-3-5-9-12)16-14(17)10-6-11-15(16)18/h3-6,8-11,13,17-18H,2,7H2,1H3. The molecule has 0 heterocycles. The van der Waals surface area contributed by atoms with Crippen molar-refractivity contribution in [2.45, 2.75) is 25.7 Å². The molecule has 0 saturated heterocycles. The Labute approximate surface area is 108 Å². The Bertz CT molecular complexity index is 486. The van der Waals surface area contributed by atoms with Crippen molar-refractivity contribution in [1.29, 1.82) is 0 Å². The van der Waals surface area contributed by atoms with Crippen LogP contribution in [-0.2, 0) is 0 Å². The molecular weight excluding hydrogens is 224 g/mol. The number of aromatic hydroxyl groups is 2. The summed E-state index contributed by atoms with van der Waals surface area (Å²) in [5.74, 6) is 0.368. The van der Waals surface area contributed by atoms with E-state index >= 15 is 0 Å². The molecule has 18 heavy (non-hydrogen) atoms. The summed E-state index contributed by atoms with van der Waals surface area (Å²) in [5, 5.41) is 20.0. The maximum absolute atomic E-state index is 9.99. The number of rotatable bonds is 4. The summed E-state index contributed by atoms with van der Waals surface area (Å²) in [6.07, 6.45) is 1.89. The van der Waals surface area contributed by atoms with Crippen molar-refractivity contribution in [3.05, 3.63) is 59.7 Å². The average molecular weight is 242 g/mol. The molecule has 2 aromatic carbocycles. The van der Waals surface area contributed by atoms with Gasteiger partial charge in [0.25, 0.3) is 0 Å². The molecule has 0 aliphatic rings. The van der Waals surface area contributed by atoms with Gasteiger partial charge in [-0.05, 0) is 24.1 Å². The fourth-order valence-corrected chi connectivity index (χ4v) is 2.35. The molecular formula is C16H18O2. The summed E-state index contributed by atoms with van der Waals surface area (Å²) >= 11 is 0. The second-order valence-electron chi connectivity index (χ2n) is 4.46. The molecule has 1 atom stereocenters. The van der Waals surface area contributed by atoms with Gasteiger partial charge in [-0.2, -0.15) is 0 Å². The monoisotopic (exact) mass is 242 g/mol. The molecule has 2 nitrogen and oxygen atoms in total. The fraction of sp³-hybridized carbons (Fsp3) is 0.250. The van der Waals surface area contributed by atoms with Gasteiger partial charge in [-0.3, -0.25) is 0 Å². The maximum atomic E-state index is 9.99. The molecule has 0 aromatic heterocycles. The summed E-state index contributed by atoms with van der Waals surface area (Å²) in [7, 11) is 0. The minimum absolute atomic E-state index is 0.0393. The first-order valence-electron chi connectivity index (χ1n) is 6.29. The largest absolute Gasteiger partial charge is 0.508 e. The number of hydrogen-bond donors (Lipinski definition) is 2. The van der Waals surface area contributed by atoms with Crippen molar-refractivity contribution in [3.63, 3.8) is 0 Å². The van der Waals surface area contributed by atoms with E-state index in [0.29, 0.717) is 5.56 Å². The van der Waals surface area contributed by atoms with E-state index in [0.717, 1.165) is 18.4 Å². The van der Waals surface area contributed by atoms with Gasteiger partial charge in [0.2, 0.25) is 0 Å². The lowest BCUT2D eigenvalue weighted by atomic mass is 9.86. The van der Waals surface area contributed by atoms with Crippen LogP contribution in [0.4, 0.5) is 0 Å². The fourth-order valence-electron chi connectivity index (χ4n) is 2.35. The summed E-state index contributed by atoms with van der Waals surface area (Å²) in [5.41, 5.74) is 1.75. The lowest BCUT2D eigenvalue weighted by Gasteiger charge is -2.19. The van der Waals surface area contributed by atoms with Gasteiger partial charge in [-0.1, -0.05) is 49.7 Å². The van der Waals surface area contributed by atoms with Crippen LogP contribution in [0.25, 0.3) is 0 Å². The van der Waals surface area contributed by atoms with Gasteiger partial charge in [0.05, 0.1) is 0 Å². The van der Waals surface area contributed by atoms with Crippen molar-refractivity contribution in [2.24, 2.45) is 0 Å². The molecule has 0 radical (unpaired) electrons. The minimum Gasteiger partial charge on any atom is -0.508 e. The van der Waals surface area contributed by atoms with Gasteiger partial charge in [0.15, 0.2) is 0 Å². The third kappa shape index (κ3) is 2.48. The average Bonchev–Trinajstić information content (AvgIpc) is 2.38. The lowest BCUT2D eigenvalue weighted by molar-refractivity contribution is 0.430. The Kier molecular flexibility index (Phi) is 3.88. The Morgan fingerprint density at radius 3 is 2.06 bits per heavy atom. The molecule has 2 N–H and O–H groups in total. The summed E-state index contributed by atoms with van der Waals surface area (Å²) < 4.78 is 0. The molecule has 0 aliphatic carbocycles. The van der Waals surface area contributed by atoms with E-state index in [1.165, 1.54) is 0 Å². The van der Waals surface area contributed by atoms with Crippen LogP contribution in [0.1, 0.15) is 36.8 Å². The van der Waals surface area contributed by atoms with E-state index in [2.05, 4.69) is 6.92 Å². The molecule has 0 aliphatic heterocycles. The summed E-state index contributed by atoms with van der Waals surface area (Å²) in [6, 6.07) is 14.9. The van der Waals surface area contributed by atoms with E-state index in [4.69, 9.17) is 0 Å². The van der Waals surface area contributed by atoms with E-state index in [-0.39, 0.29) is 17.4 Å². The molecule has 94 valence electrons. The highest BCUT2D eigenvalue weighted by Crippen LogP contribution is 2.39. The van der Waals surface area contributed by atoms with E-state index < -0.39 is 0 Å². The van der Waals surface area contributed by atoms with E-state index in [1.807, 2.05) is 30.3 Å². The van der Waals surface area contributed by atoms with Crippen LogP contribution in [0, 0.1) is 0 Å². The number of phenols is 2. The summed E-state index contributed by atoms with van der Waals surface area (Å²) in [6.45, 7) is 2.10. The van der Waals surface area contributed by atoms with Gasteiger partial charge in [0, 0.05) is 11.5 Å². The third-order valence-corrected chi connectivity index (χ3v) is 3.19. The second-order valence-corrected chi connectivity index (χ2v) is 4.46. The van der Waals surface area contributed by atoms with Gasteiger partial charge in [0.1, 0.15) is 11.5 Å². The van der Waals surface area contributed by atoms with Gasteiger partial charge in [-0.15, -0.1) is 0 Å². The van der Waals surface area contributed by atoms with Crippen LogP contribution in [0.15, 0.2) is 48.5 Å². The highest BCUT2D eigenvalue weighted by Gasteiger charge is 2.20. The van der Waals surface area contributed by atoms with Crippen LogP contribution in [0.2, 0.25) is 0 Å². The Hall–Kier alpha value is -1.96. The molecule has 0 spiro atoms. The molecule has 2 aromatic rings. The topological polar surface area (TPSA) is 40.5 Å². The maximum Gasteiger partial charge on any atom is 0.123 e. The smallest absolute Gasteiger partial charge is 0.123 e. The number of phenolic OH excluding ortho intramolecular Hbond substituents is 2. The molecule has 0 bridgehead atoms. The van der Waals surface area contributed by atoms with E-state index in [1.54, 1.807) is 18.2 Å². The number of benzene rings is 2. The molecule has 2 rings (SSSR count). The van der Waals surface area contributed by atoms with Crippen molar-refractivity contribution >= 4 is 0 Å². The van der Waals surface area contributed by atoms with Crippen molar-refractivity contribution < 1.29 is 10.2 Å². The van der Waals surface area contributed by atoms with Crippen molar-refractivity contribution in [3.8, 4) is 11.5 Å². The van der Waals surface area contributed by atoms with Gasteiger partial charge < -0.3 is 10.2 Å². The van der Waals surface area contributed by atoms with Gasteiger partial charge >= 0.3 is 0 Å².